The van der Waals surface area contributed by atoms with E-state index in [1.54, 1.807) is 0 Å². The predicted octanol–water partition coefficient (Wildman–Crippen LogP) is 0.357. The zero-order valence-electron chi connectivity index (χ0n) is 6.59. The molecule has 1 fully saturated rings. The first kappa shape index (κ1) is 7.98. The van der Waals surface area contributed by atoms with Crippen molar-refractivity contribution in [2.24, 2.45) is 0 Å². The third-order valence-corrected chi connectivity index (χ3v) is 1.56. The Morgan fingerprint density at radius 2 is 2.00 bits per heavy atom. The van der Waals surface area contributed by atoms with Gasteiger partial charge in [0.15, 0.2) is 6.29 Å². The minimum atomic E-state index is -0.0186. The topological polar surface area (TPSA) is 30.5 Å². The minimum absolute atomic E-state index is 0.0186. The highest BCUT2D eigenvalue weighted by Crippen LogP contribution is 2.03. The summed E-state index contributed by atoms with van der Waals surface area (Å²) in [6, 6.07) is 0.390. The van der Waals surface area contributed by atoms with Crippen LogP contribution in [0.15, 0.2) is 0 Å². The number of rotatable bonds is 2. The Morgan fingerprint density at radius 1 is 1.40 bits per heavy atom. The zero-order chi connectivity index (χ0) is 7.40. The van der Waals surface area contributed by atoms with E-state index in [2.05, 4.69) is 12.2 Å². The van der Waals surface area contributed by atoms with Crippen molar-refractivity contribution in [2.45, 2.75) is 26.2 Å². The van der Waals surface area contributed by atoms with E-state index < -0.39 is 0 Å². The van der Waals surface area contributed by atoms with Gasteiger partial charge in [-0.1, -0.05) is 6.92 Å². The molecule has 10 heavy (non-hydrogen) atoms. The third-order valence-electron chi connectivity index (χ3n) is 1.56. The molecule has 0 bridgehead atoms. The van der Waals surface area contributed by atoms with Gasteiger partial charge in [-0.05, 0) is 13.5 Å². The molecule has 1 aliphatic heterocycles. The Hall–Kier alpha value is -0.120. The van der Waals surface area contributed by atoms with Crippen molar-refractivity contribution in [3.05, 3.63) is 0 Å². The molecule has 0 saturated carbocycles. The van der Waals surface area contributed by atoms with Gasteiger partial charge in [-0.15, -0.1) is 0 Å². The first-order chi connectivity index (χ1) is 4.83. The van der Waals surface area contributed by atoms with Gasteiger partial charge < -0.3 is 14.8 Å². The molecule has 3 nitrogen and oxygen atoms in total. The summed E-state index contributed by atoms with van der Waals surface area (Å²) in [5.74, 6) is 0. The minimum Gasteiger partial charge on any atom is -0.351 e. The Bertz CT molecular complexity index is 89.6. The van der Waals surface area contributed by atoms with E-state index in [0.29, 0.717) is 6.04 Å². The van der Waals surface area contributed by atoms with Crippen LogP contribution >= 0.6 is 0 Å². The van der Waals surface area contributed by atoms with Gasteiger partial charge >= 0.3 is 0 Å². The fourth-order valence-corrected chi connectivity index (χ4v) is 1.01. The van der Waals surface area contributed by atoms with Crippen LogP contribution in [0.4, 0.5) is 0 Å². The highest BCUT2D eigenvalue weighted by molar-refractivity contribution is 4.67. The van der Waals surface area contributed by atoms with E-state index in [1.807, 2.05) is 6.92 Å². The Kier molecular flexibility index (Phi) is 3.12. The van der Waals surface area contributed by atoms with Crippen molar-refractivity contribution in [1.29, 1.82) is 0 Å². The molecule has 0 amide bonds. The SMILES string of the molecule is CCNC1COC(C)OC1. The average Bonchev–Trinajstić information content (AvgIpc) is 1.95. The molecule has 0 atom stereocenters. The summed E-state index contributed by atoms with van der Waals surface area (Å²) >= 11 is 0. The van der Waals surface area contributed by atoms with Crippen molar-refractivity contribution in [2.75, 3.05) is 19.8 Å². The van der Waals surface area contributed by atoms with Gasteiger partial charge in [0, 0.05) is 0 Å². The molecule has 0 aromatic heterocycles. The van der Waals surface area contributed by atoms with Crippen molar-refractivity contribution in [3.8, 4) is 0 Å². The third kappa shape index (κ3) is 2.25. The molecule has 3 heteroatoms. The lowest BCUT2D eigenvalue weighted by Crippen LogP contribution is -2.43. The quantitative estimate of drug-likeness (QED) is 0.608. The van der Waals surface area contributed by atoms with Crippen LogP contribution in [0.1, 0.15) is 13.8 Å². The van der Waals surface area contributed by atoms with Crippen LogP contribution in [-0.2, 0) is 9.47 Å². The molecule has 1 saturated heterocycles. The summed E-state index contributed by atoms with van der Waals surface area (Å²) in [7, 11) is 0. The first-order valence-corrected chi connectivity index (χ1v) is 3.79. The first-order valence-electron chi connectivity index (χ1n) is 3.79. The number of nitrogens with one attached hydrogen (secondary N) is 1. The summed E-state index contributed by atoms with van der Waals surface area (Å²) in [4.78, 5) is 0. The molecular formula is C7H15NO2. The van der Waals surface area contributed by atoms with Crippen LogP contribution in [0, 0.1) is 0 Å². The van der Waals surface area contributed by atoms with E-state index in [1.165, 1.54) is 0 Å². The van der Waals surface area contributed by atoms with Crippen molar-refractivity contribution in [1.82, 2.24) is 5.32 Å². The van der Waals surface area contributed by atoms with E-state index in [4.69, 9.17) is 9.47 Å². The fourth-order valence-electron chi connectivity index (χ4n) is 1.01. The van der Waals surface area contributed by atoms with Gasteiger partial charge in [-0.2, -0.15) is 0 Å². The van der Waals surface area contributed by atoms with Crippen molar-refractivity contribution in [3.63, 3.8) is 0 Å². The highest BCUT2D eigenvalue weighted by atomic mass is 16.7. The van der Waals surface area contributed by atoms with Gasteiger partial charge in [0.1, 0.15) is 0 Å². The Labute approximate surface area is 61.7 Å². The lowest BCUT2D eigenvalue weighted by Gasteiger charge is -2.27. The number of likely N-dealkylation sites (N-methyl/N-ethyl adjacent to an activating group) is 1. The summed E-state index contributed by atoms with van der Waals surface area (Å²) in [5, 5.41) is 3.26. The molecule has 0 aliphatic carbocycles. The maximum absolute atomic E-state index is 5.26. The Balaban J connectivity index is 2.13. The van der Waals surface area contributed by atoms with Crippen molar-refractivity contribution < 1.29 is 9.47 Å². The van der Waals surface area contributed by atoms with Gasteiger partial charge in [-0.25, -0.2) is 0 Å². The highest BCUT2D eigenvalue weighted by Gasteiger charge is 2.16. The van der Waals surface area contributed by atoms with E-state index in [9.17, 15) is 0 Å². The summed E-state index contributed by atoms with van der Waals surface area (Å²) < 4.78 is 10.5. The van der Waals surface area contributed by atoms with Crippen LogP contribution in [0.3, 0.4) is 0 Å². The second-order valence-corrected chi connectivity index (χ2v) is 2.49. The monoisotopic (exact) mass is 145 g/mol. The molecule has 0 spiro atoms. The summed E-state index contributed by atoms with van der Waals surface area (Å²) in [5.41, 5.74) is 0. The molecule has 0 aromatic rings. The van der Waals surface area contributed by atoms with Crippen LogP contribution < -0.4 is 5.32 Å². The molecule has 0 radical (unpaired) electrons. The molecule has 1 N–H and O–H groups in total. The van der Waals surface area contributed by atoms with E-state index in [-0.39, 0.29) is 6.29 Å². The van der Waals surface area contributed by atoms with Crippen molar-refractivity contribution >= 4 is 0 Å². The van der Waals surface area contributed by atoms with Gasteiger partial charge in [0.2, 0.25) is 0 Å². The van der Waals surface area contributed by atoms with Gasteiger partial charge in [-0.3, -0.25) is 0 Å². The molecule has 0 unspecified atom stereocenters. The number of ether oxygens (including phenoxy) is 2. The Morgan fingerprint density at radius 3 is 2.50 bits per heavy atom. The molecular weight excluding hydrogens is 130 g/mol. The second kappa shape index (κ2) is 3.91. The van der Waals surface area contributed by atoms with Gasteiger partial charge in [0.05, 0.1) is 19.3 Å². The maximum atomic E-state index is 5.26. The lowest BCUT2D eigenvalue weighted by atomic mass is 10.3. The van der Waals surface area contributed by atoms with Gasteiger partial charge in [0.25, 0.3) is 0 Å². The van der Waals surface area contributed by atoms with Crippen LogP contribution in [0.5, 0.6) is 0 Å². The van der Waals surface area contributed by atoms with Crippen LogP contribution in [0.2, 0.25) is 0 Å². The largest absolute Gasteiger partial charge is 0.351 e. The summed E-state index contributed by atoms with van der Waals surface area (Å²) in [6.45, 7) is 6.52. The molecule has 0 aromatic carbocycles. The van der Waals surface area contributed by atoms with E-state index in [0.717, 1.165) is 19.8 Å². The smallest absolute Gasteiger partial charge is 0.154 e. The molecule has 1 aliphatic rings. The number of hydrogen-bond acceptors (Lipinski definition) is 3. The molecule has 1 heterocycles. The van der Waals surface area contributed by atoms with Crippen LogP contribution in [0.25, 0.3) is 0 Å². The number of hydrogen-bond donors (Lipinski definition) is 1. The zero-order valence-corrected chi connectivity index (χ0v) is 6.59. The lowest BCUT2D eigenvalue weighted by molar-refractivity contribution is -0.178. The predicted molar refractivity (Wildman–Crippen MR) is 38.8 cm³/mol. The summed E-state index contributed by atoms with van der Waals surface area (Å²) in [6.07, 6.45) is -0.0186. The standard InChI is InChI=1S/C7H15NO2/c1-3-8-7-4-9-6(2)10-5-7/h6-8H,3-5H2,1-2H3. The fraction of sp³-hybridized carbons (Fsp3) is 1.00. The normalized spacial score (nSPS) is 34.2. The average molecular weight is 145 g/mol. The maximum Gasteiger partial charge on any atom is 0.154 e. The van der Waals surface area contributed by atoms with Crippen LogP contribution in [-0.4, -0.2) is 32.1 Å². The molecule has 60 valence electrons. The molecule has 1 rings (SSSR count). The second-order valence-electron chi connectivity index (χ2n) is 2.49. The van der Waals surface area contributed by atoms with E-state index >= 15 is 0 Å².